The third kappa shape index (κ3) is 2.90. The molecule has 0 bridgehead atoms. The van der Waals surface area contributed by atoms with Crippen LogP contribution < -0.4 is 0 Å². The number of amides is 1. The summed E-state index contributed by atoms with van der Waals surface area (Å²) in [5.41, 5.74) is 3.33. The van der Waals surface area contributed by atoms with E-state index >= 15 is 0 Å². The first kappa shape index (κ1) is 14.8. The molecule has 3 rings (SSSR count). The van der Waals surface area contributed by atoms with Gasteiger partial charge in [-0.25, -0.2) is 0 Å². The largest absolute Gasteiger partial charge is 0.388 e. The average molecular weight is 295 g/mol. The maximum atomic E-state index is 12.6. The number of carbonyl (C=O) groups is 1. The van der Waals surface area contributed by atoms with E-state index < -0.39 is 6.10 Å². The van der Waals surface area contributed by atoms with E-state index in [1.54, 1.807) is 0 Å². The minimum atomic E-state index is -0.738. The van der Waals surface area contributed by atoms with Crippen molar-refractivity contribution in [2.75, 3.05) is 6.54 Å². The maximum Gasteiger partial charge on any atom is 0.226 e. The van der Waals surface area contributed by atoms with Gasteiger partial charge in [0.1, 0.15) is 0 Å². The number of fused-ring (bicyclic) bond motifs is 1. The molecular weight excluding hydrogens is 274 g/mol. The molecule has 1 amide bonds. The summed E-state index contributed by atoms with van der Waals surface area (Å²) in [6, 6.07) is 17.7. The Balaban J connectivity index is 1.71. The molecule has 0 aromatic heterocycles. The highest BCUT2D eigenvalue weighted by Crippen LogP contribution is 2.30. The minimum absolute atomic E-state index is 0.0124. The molecule has 22 heavy (non-hydrogen) atoms. The molecule has 0 saturated heterocycles. The molecule has 0 radical (unpaired) electrons. The molecule has 0 saturated carbocycles. The topological polar surface area (TPSA) is 40.5 Å². The lowest BCUT2D eigenvalue weighted by atomic mass is 9.93. The van der Waals surface area contributed by atoms with Gasteiger partial charge in [-0.3, -0.25) is 4.79 Å². The molecule has 1 heterocycles. The normalized spacial score (nSPS) is 18.6. The van der Waals surface area contributed by atoms with Gasteiger partial charge in [0.2, 0.25) is 5.91 Å². The first-order chi connectivity index (χ1) is 10.7. The maximum absolute atomic E-state index is 12.6. The van der Waals surface area contributed by atoms with Gasteiger partial charge in [-0.15, -0.1) is 0 Å². The lowest BCUT2D eigenvalue weighted by Gasteiger charge is -2.35. The molecule has 2 aromatic rings. The van der Waals surface area contributed by atoms with Crippen LogP contribution >= 0.6 is 0 Å². The molecule has 2 aromatic carbocycles. The van der Waals surface area contributed by atoms with Gasteiger partial charge < -0.3 is 10.0 Å². The zero-order valence-corrected chi connectivity index (χ0v) is 12.8. The second kappa shape index (κ2) is 6.32. The molecule has 3 nitrogen and oxygen atoms in total. The SMILES string of the molecule is CC1c2ccccc2CCN1C(=O)CC(O)c1ccccc1. The van der Waals surface area contributed by atoms with E-state index in [-0.39, 0.29) is 18.4 Å². The quantitative estimate of drug-likeness (QED) is 0.944. The van der Waals surface area contributed by atoms with Crippen LogP contribution in [0.4, 0.5) is 0 Å². The Hall–Kier alpha value is -2.13. The van der Waals surface area contributed by atoms with Crippen LogP contribution in [0.2, 0.25) is 0 Å². The summed E-state index contributed by atoms with van der Waals surface area (Å²) in [6.45, 7) is 2.78. The molecular formula is C19H21NO2. The number of rotatable bonds is 3. The second-order valence-electron chi connectivity index (χ2n) is 5.84. The molecule has 0 aliphatic carbocycles. The summed E-state index contributed by atoms with van der Waals surface area (Å²) in [4.78, 5) is 14.5. The Kier molecular flexibility index (Phi) is 4.25. The number of hydrogen-bond donors (Lipinski definition) is 1. The predicted molar refractivity (Wildman–Crippen MR) is 86.3 cm³/mol. The van der Waals surface area contributed by atoms with Crippen LogP contribution in [-0.2, 0) is 11.2 Å². The van der Waals surface area contributed by atoms with E-state index in [1.165, 1.54) is 11.1 Å². The minimum Gasteiger partial charge on any atom is -0.388 e. The summed E-state index contributed by atoms with van der Waals surface area (Å²) >= 11 is 0. The van der Waals surface area contributed by atoms with Crippen molar-refractivity contribution in [1.82, 2.24) is 4.90 Å². The highest BCUT2D eigenvalue weighted by atomic mass is 16.3. The van der Waals surface area contributed by atoms with Crippen LogP contribution in [0.15, 0.2) is 54.6 Å². The van der Waals surface area contributed by atoms with Crippen LogP contribution in [0.5, 0.6) is 0 Å². The van der Waals surface area contributed by atoms with Gasteiger partial charge in [-0.05, 0) is 30.0 Å². The number of benzene rings is 2. The zero-order chi connectivity index (χ0) is 15.5. The van der Waals surface area contributed by atoms with Crippen LogP contribution in [0, 0.1) is 0 Å². The van der Waals surface area contributed by atoms with Gasteiger partial charge >= 0.3 is 0 Å². The average Bonchev–Trinajstić information content (AvgIpc) is 2.56. The molecule has 3 heteroatoms. The van der Waals surface area contributed by atoms with E-state index in [0.29, 0.717) is 0 Å². The number of hydrogen-bond acceptors (Lipinski definition) is 2. The van der Waals surface area contributed by atoms with E-state index in [4.69, 9.17) is 0 Å². The van der Waals surface area contributed by atoms with E-state index in [9.17, 15) is 9.90 Å². The lowest BCUT2D eigenvalue weighted by Crippen LogP contribution is -2.39. The molecule has 2 atom stereocenters. The first-order valence-corrected chi connectivity index (χ1v) is 7.77. The Morgan fingerprint density at radius 3 is 2.64 bits per heavy atom. The zero-order valence-electron chi connectivity index (χ0n) is 12.8. The van der Waals surface area contributed by atoms with Crippen LogP contribution in [0.25, 0.3) is 0 Å². The monoisotopic (exact) mass is 295 g/mol. The van der Waals surface area contributed by atoms with E-state index in [0.717, 1.165) is 18.5 Å². The third-order valence-electron chi connectivity index (χ3n) is 4.47. The molecule has 2 unspecified atom stereocenters. The van der Waals surface area contributed by atoms with Crippen molar-refractivity contribution < 1.29 is 9.90 Å². The van der Waals surface area contributed by atoms with Crippen molar-refractivity contribution in [3.05, 3.63) is 71.3 Å². The Labute approximate surface area is 131 Å². The third-order valence-corrected chi connectivity index (χ3v) is 4.47. The van der Waals surface area contributed by atoms with Gasteiger partial charge in [0, 0.05) is 6.54 Å². The number of nitrogens with zero attached hydrogens (tertiary/aromatic N) is 1. The van der Waals surface area contributed by atoms with E-state index in [2.05, 4.69) is 19.1 Å². The first-order valence-electron chi connectivity index (χ1n) is 7.77. The highest BCUT2D eigenvalue weighted by molar-refractivity contribution is 5.77. The molecule has 0 spiro atoms. The number of aliphatic hydroxyl groups is 1. The van der Waals surface area contributed by atoms with Crippen molar-refractivity contribution in [1.29, 1.82) is 0 Å². The smallest absolute Gasteiger partial charge is 0.226 e. The molecule has 114 valence electrons. The summed E-state index contributed by atoms with van der Waals surface area (Å²) in [6.07, 6.45) is 0.280. The number of carbonyl (C=O) groups excluding carboxylic acids is 1. The molecule has 1 N–H and O–H groups in total. The summed E-state index contributed by atoms with van der Waals surface area (Å²) < 4.78 is 0. The fraction of sp³-hybridized carbons (Fsp3) is 0.316. The summed E-state index contributed by atoms with van der Waals surface area (Å²) in [7, 11) is 0. The van der Waals surface area contributed by atoms with Crippen LogP contribution in [0.1, 0.15) is 42.2 Å². The second-order valence-corrected chi connectivity index (χ2v) is 5.84. The fourth-order valence-electron chi connectivity index (χ4n) is 3.19. The Bertz CT molecular complexity index is 653. The van der Waals surface area contributed by atoms with Crippen molar-refractivity contribution in [2.24, 2.45) is 0 Å². The van der Waals surface area contributed by atoms with Gasteiger partial charge in [0.25, 0.3) is 0 Å². The van der Waals surface area contributed by atoms with Crippen molar-refractivity contribution >= 4 is 5.91 Å². The predicted octanol–water partition coefficient (Wildman–Crippen LogP) is 3.26. The van der Waals surface area contributed by atoms with Gasteiger partial charge in [0.15, 0.2) is 0 Å². The molecule has 1 aliphatic rings. The van der Waals surface area contributed by atoms with Crippen molar-refractivity contribution in [2.45, 2.75) is 31.9 Å². The Morgan fingerprint density at radius 1 is 1.18 bits per heavy atom. The van der Waals surface area contributed by atoms with Gasteiger partial charge in [-0.1, -0.05) is 54.6 Å². The van der Waals surface area contributed by atoms with Gasteiger partial charge in [0.05, 0.1) is 18.6 Å². The highest BCUT2D eigenvalue weighted by Gasteiger charge is 2.28. The molecule has 1 aliphatic heterocycles. The van der Waals surface area contributed by atoms with Crippen LogP contribution in [-0.4, -0.2) is 22.5 Å². The fourth-order valence-corrected chi connectivity index (χ4v) is 3.19. The molecule has 0 fully saturated rings. The van der Waals surface area contributed by atoms with E-state index in [1.807, 2.05) is 47.4 Å². The Morgan fingerprint density at radius 2 is 1.86 bits per heavy atom. The lowest BCUT2D eigenvalue weighted by molar-refractivity contribution is -0.135. The van der Waals surface area contributed by atoms with Crippen LogP contribution in [0.3, 0.4) is 0 Å². The van der Waals surface area contributed by atoms with Gasteiger partial charge in [-0.2, -0.15) is 0 Å². The van der Waals surface area contributed by atoms with Crippen molar-refractivity contribution in [3.8, 4) is 0 Å². The van der Waals surface area contributed by atoms with Crippen molar-refractivity contribution in [3.63, 3.8) is 0 Å². The summed E-state index contributed by atoms with van der Waals surface area (Å²) in [5.74, 6) is 0.0124. The summed E-state index contributed by atoms with van der Waals surface area (Å²) in [5, 5.41) is 10.3. The standard InChI is InChI=1S/C19H21NO2/c1-14-17-10-6-5-7-15(17)11-12-20(14)19(22)13-18(21)16-8-3-2-4-9-16/h2-10,14,18,21H,11-13H2,1H3. The number of aliphatic hydroxyl groups excluding tert-OH is 1.